The summed E-state index contributed by atoms with van der Waals surface area (Å²) in [6, 6.07) is 4.04. The lowest BCUT2D eigenvalue weighted by molar-refractivity contribution is 0.353. The number of hydrogen-bond donors (Lipinski definition) is 0. The van der Waals surface area contributed by atoms with E-state index in [0.717, 1.165) is 28.9 Å². The molecule has 0 saturated heterocycles. The van der Waals surface area contributed by atoms with Crippen LogP contribution < -0.4 is 9.47 Å². The normalized spacial score (nSPS) is 14.6. The van der Waals surface area contributed by atoms with Crippen LogP contribution in [0.4, 0.5) is 0 Å². The maximum Gasteiger partial charge on any atom is 0.161 e. The Morgan fingerprint density at radius 2 is 1.87 bits per heavy atom. The molecule has 0 radical (unpaired) electrons. The summed E-state index contributed by atoms with van der Waals surface area (Å²) in [6.07, 6.45) is 3.80. The van der Waals surface area contributed by atoms with Gasteiger partial charge >= 0.3 is 0 Å². The second-order valence-corrected chi connectivity index (χ2v) is 6.94. The van der Waals surface area contributed by atoms with Gasteiger partial charge in [0.1, 0.15) is 11.6 Å². The zero-order chi connectivity index (χ0) is 16.4. The average molecular weight is 333 g/mol. The van der Waals surface area contributed by atoms with Gasteiger partial charge in [0.05, 0.1) is 20.0 Å². The van der Waals surface area contributed by atoms with Gasteiger partial charge in [0.2, 0.25) is 0 Å². The molecule has 124 valence electrons. The van der Waals surface area contributed by atoms with Crippen molar-refractivity contribution in [3.8, 4) is 11.5 Å². The molecule has 1 saturated carbocycles. The summed E-state index contributed by atoms with van der Waals surface area (Å²) in [5.74, 6) is 5.08. The summed E-state index contributed by atoms with van der Waals surface area (Å²) in [6.45, 7) is 2.08. The van der Waals surface area contributed by atoms with E-state index >= 15 is 0 Å². The van der Waals surface area contributed by atoms with Gasteiger partial charge in [-0.05, 0) is 37.5 Å². The van der Waals surface area contributed by atoms with Gasteiger partial charge in [0.15, 0.2) is 11.5 Å². The molecule has 5 nitrogen and oxygen atoms in total. The molecular weight excluding hydrogens is 310 g/mol. The van der Waals surface area contributed by atoms with Crippen molar-refractivity contribution in [2.75, 3.05) is 14.2 Å². The summed E-state index contributed by atoms with van der Waals surface area (Å²) < 4.78 is 12.9. The molecule has 0 bridgehead atoms. The fourth-order valence-corrected chi connectivity index (χ4v) is 3.80. The molecule has 6 heteroatoms. The Bertz CT molecular complexity index is 695. The molecule has 1 fully saturated rings. The van der Waals surface area contributed by atoms with E-state index in [1.165, 1.54) is 29.7 Å². The molecule has 0 amide bonds. The molecule has 1 heterocycles. The average Bonchev–Trinajstić information content (AvgIpc) is 2.85. The number of nitrogens with zero attached hydrogens (tertiary/aromatic N) is 3. The van der Waals surface area contributed by atoms with Crippen LogP contribution in [0.2, 0.25) is 0 Å². The van der Waals surface area contributed by atoms with Crippen LogP contribution in [-0.2, 0) is 12.8 Å². The molecule has 2 aromatic rings. The minimum Gasteiger partial charge on any atom is -0.493 e. The molecule has 0 N–H and O–H groups in total. The lowest BCUT2D eigenvalue weighted by Gasteiger charge is -2.24. The molecule has 3 rings (SSSR count). The van der Waals surface area contributed by atoms with E-state index in [0.29, 0.717) is 5.92 Å². The van der Waals surface area contributed by atoms with Crippen LogP contribution >= 0.6 is 11.8 Å². The Kier molecular flexibility index (Phi) is 4.80. The molecular formula is C17H23N3O2S. The van der Waals surface area contributed by atoms with Crippen LogP contribution in [-0.4, -0.2) is 29.0 Å². The van der Waals surface area contributed by atoms with Gasteiger partial charge in [-0.2, -0.15) is 0 Å². The van der Waals surface area contributed by atoms with Crippen molar-refractivity contribution < 1.29 is 9.47 Å². The first-order valence-corrected chi connectivity index (χ1v) is 8.86. The van der Waals surface area contributed by atoms with Crippen molar-refractivity contribution in [3.63, 3.8) is 0 Å². The largest absolute Gasteiger partial charge is 0.493 e. The van der Waals surface area contributed by atoms with Gasteiger partial charge in [-0.15, -0.1) is 22.0 Å². The molecule has 0 atom stereocenters. The van der Waals surface area contributed by atoms with Crippen molar-refractivity contribution in [2.45, 2.75) is 42.8 Å². The monoisotopic (exact) mass is 333 g/mol. The van der Waals surface area contributed by atoms with Gasteiger partial charge in [-0.3, -0.25) is 0 Å². The van der Waals surface area contributed by atoms with Crippen LogP contribution in [0.5, 0.6) is 11.5 Å². The number of ether oxygens (including phenoxy) is 2. The number of aromatic nitrogens is 3. The third kappa shape index (κ3) is 3.17. The second-order valence-electron chi connectivity index (χ2n) is 5.92. The highest BCUT2D eigenvalue weighted by molar-refractivity contribution is 7.98. The third-order valence-corrected chi connectivity index (χ3v) is 5.66. The molecule has 1 aliphatic carbocycles. The van der Waals surface area contributed by atoms with Gasteiger partial charge in [0.25, 0.3) is 0 Å². The highest BCUT2D eigenvalue weighted by Gasteiger charge is 2.25. The number of aryl methyl sites for hydroxylation is 1. The predicted molar refractivity (Wildman–Crippen MR) is 91.4 cm³/mol. The number of hydrogen-bond acceptors (Lipinski definition) is 5. The lowest BCUT2D eigenvalue weighted by atomic mass is 9.85. The van der Waals surface area contributed by atoms with E-state index in [4.69, 9.17) is 9.47 Å². The molecule has 1 aromatic heterocycles. The van der Waals surface area contributed by atoms with E-state index in [-0.39, 0.29) is 0 Å². The van der Waals surface area contributed by atoms with Crippen LogP contribution in [0.1, 0.15) is 42.4 Å². The SMILES string of the molecule is COc1cc(C)c(SCc2nnc(C3CCC3)n2C)cc1OC. The van der Waals surface area contributed by atoms with Gasteiger partial charge in [0, 0.05) is 17.9 Å². The summed E-state index contributed by atoms with van der Waals surface area (Å²) in [5.41, 5.74) is 1.18. The smallest absolute Gasteiger partial charge is 0.161 e. The minimum atomic E-state index is 0.606. The number of rotatable bonds is 6. The lowest BCUT2D eigenvalue weighted by Crippen LogP contribution is -2.14. The molecule has 23 heavy (non-hydrogen) atoms. The zero-order valence-corrected chi connectivity index (χ0v) is 14.9. The van der Waals surface area contributed by atoms with Crippen molar-refractivity contribution in [3.05, 3.63) is 29.3 Å². The highest BCUT2D eigenvalue weighted by atomic mass is 32.2. The highest BCUT2D eigenvalue weighted by Crippen LogP contribution is 2.37. The van der Waals surface area contributed by atoms with Crippen LogP contribution in [0.3, 0.4) is 0 Å². The van der Waals surface area contributed by atoms with Gasteiger partial charge in [-0.25, -0.2) is 0 Å². The van der Waals surface area contributed by atoms with Crippen molar-refractivity contribution in [1.82, 2.24) is 14.8 Å². The van der Waals surface area contributed by atoms with Crippen LogP contribution in [0.15, 0.2) is 17.0 Å². The first-order valence-electron chi connectivity index (χ1n) is 7.87. The minimum absolute atomic E-state index is 0.606. The van der Waals surface area contributed by atoms with E-state index in [1.807, 2.05) is 12.1 Å². The summed E-state index contributed by atoms with van der Waals surface area (Å²) in [4.78, 5) is 1.18. The van der Waals surface area contributed by atoms with E-state index in [9.17, 15) is 0 Å². The molecule has 0 spiro atoms. The Hall–Kier alpha value is -1.69. The second kappa shape index (κ2) is 6.83. The van der Waals surface area contributed by atoms with E-state index in [2.05, 4.69) is 28.7 Å². The first-order chi connectivity index (χ1) is 11.1. The van der Waals surface area contributed by atoms with Crippen LogP contribution in [0.25, 0.3) is 0 Å². The van der Waals surface area contributed by atoms with Gasteiger partial charge in [-0.1, -0.05) is 6.42 Å². The number of thioether (sulfide) groups is 1. The predicted octanol–water partition coefficient (Wildman–Crippen LogP) is 3.70. The van der Waals surface area contributed by atoms with Crippen LogP contribution in [0, 0.1) is 6.92 Å². The molecule has 1 aliphatic rings. The van der Waals surface area contributed by atoms with E-state index in [1.54, 1.807) is 26.0 Å². The Labute approximate surface area is 141 Å². The molecule has 0 aliphatic heterocycles. The fourth-order valence-electron chi connectivity index (χ4n) is 2.78. The quantitative estimate of drug-likeness (QED) is 0.754. The topological polar surface area (TPSA) is 49.2 Å². The number of methoxy groups -OCH3 is 2. The van der Waals surface area contributed by atoms with Crippen molar-refractivity contribution in [1.29, 1.82) is 0 Å². The summed E-state index contributed by atoms with van der Waals surface area (Å²) in [5, 5.41) is 8.76. The standard InChI is InChI=1S/C17H23N3O2S/c1-11-8-13(21-3)14(22-4)9-15(11)23-10-16-18-19-17(20(16)2)12-6-5-7-12/h8-9,12H,5-7,10H2,1-4H3. The molecule has 1 aromatic carbocycles. The zero-order valence-electron chi connectivity index (χ0n) is 14.1. The summed E-state index contributed by atoms with van der Waals surface area (Å²) >= 11 is 1.75. The Morgan fingerprint density at radius 3 is 2.48 bits per heavy atom. The summed E-state index contributed by atoms with van der Waals surface area (Å²) in [7, 11) is 5.39. The maximum absolute atomic E-state index is 5.39. The van der Waals surface area contributed by atoms with Crippen molar-refractivity contribution >= 4 is 11.8 Å². The fraction of sp³-hybridized carbons (Fsp3) is 0.529. The maximum atomic E-state index is 5.39. The number of benzene rings is 1. The van der Waals surface area contributed by atoms with Gasteiger partial charge < -0.3 is 14.0 Å². The molecule has 0 unspecified atom stereocenters. The Morgan fingerprint density at radius 1 is 1.17 bits per heavy atom. The first kappa shape index (κ1) is 16.2. The van der Waals surface area contributed by atoms with Crippen molar-refractivity contribution in [2.24, 2.45) is 7.05 Å². The van der Waals surface area contributed by atoms with E-state index < -0.39 is 0 Å². The Balaban J connectivity index is 1.74. The third-order valence-electron chi connectivity index (χ3n) is 4.51.